The van der Waals surface area contributed by atoms with Gasteiger partial charge >= 0.3 is 6.18 Å². The molecule has 0 spiro atoms. The summed E-state index contributed by atoms with van der Waals surface area (Å²) in [6, 6.07) is 14.8. The zero-order chi connectivity index (χ0) is 23.7. The number of amides is 1. The summed E-state index contributed by atoms with van der Waals surface area (Å²) in [4.78, 5) is 18.9. The van der Waals surface area contributed by atoms with Gasteiger partial charge < -0.3 is 15.0 Å². The molecule has 3 rings (SSSR count). The standard InChI is InChI=1S/C23H25F3N4O2S/c1-32-13-12-30(22-28-20(29-33-22)15-17-6-3-2-4-7-17)11-10-21(31)27-16-18-8-5-9-19(14-18)23(24,25)26/h2-9,14H,10-13,15-16H2,1H3,(H,27,31). The smallest absolute Gasteiger partial charge is 0.383 e. The van der Waals surface area contributed by atoms with Crippen molar-refractivity contribution in [3.8, 4) is 0 Å². The second-order valence-electron chi connectivity index (χ2n) is 7.36. The van der Waals surface area contributed by atoms with Crippen LogP contribution in [0.15, 0.2) is 54.6 Å². The molecular weight excluding hydrogens is 453 g/mol. The van der Waals surface area contributed by atoms with Crippen LogP contribution in [0, 0.1) is 0 Å². The van der Waals surface area contributed by atoms with Crippen LogP contribution in [0.1, 0.15) is 28.9 Å². The van der Waals surface area contributed by atoms with E-state index in [9.17, 15) is 18.0 Å². The molecule has 0 radical (unpaired) electrons. The molecule has 3 aromatic rings. The number of anilines is 1. The molecule has 0 bridgehead atoms. The fraction of sp³-hybridized carbons (Fsp3) is 0.348. The third kappa shape index (κ3) is 7.83. The summed E-state index contributed by atoms with van der Waals surface area (Å²) in [7, 11) is 1.60. The lowest BCUT2D eigenvalue weighted by Crippen LogP contribution is -2.32. The second-order valence-corrected chi connectivity index (χ2v) is 8.09. The van der Waals surface area contributed by atoms with E-state index in [1.807, 2.05) is 35.2 Å². The van der Waals surface area contributed by atoms with Crippen LogP contribution in [0.25, 0.3) is 0 Å². The first-order chi connectivity index (χ1) is 15.8. The second kappa shape index (κ2) is 11.8. The minimum Gasteiger partial charge on any atom is -0.383 e. The van der Waals surface area contributed by atoms with Gasteiger partial charge in [0, 0.05) is 51.1 Å². The number of benzene rings is 2. The van der Waals surface area contributed by atoms with Crippen molar-refractivity contribution in [2.24, 2.45) is 0 Å². The van der Waals surface area contributed by atoms with E-state index in [4.69, 9.17) is 4.74 Å². The number of alkyl halides is 3. The number of hydrogen-bond donors (Lipinski definition) is 1. The summed E-state index contributed by atoms with van der Waals surface area (Å²) in [6.07, 6.45) is -3.63. The molecule has 1 N–H and O–H groups in total. The number of rotatable bonds is 11. The fourth-order valence-corrected chi connectivity index (χ4v) is 3.85. The molecule has 0 unspecified atom stereocenters. The molecule has 1 amide bonds. The minimum atomic E-state index is -4.41. The number of nitrogens with zero attached hydrogens (tertiary/aromatic N) is 3. The van der Waals surface area contributed by atoms with Crippen LogP contribution in [0.5, 0.6) is 0 Å². The first-order valence-corrected chi connectivity index (χ1v) is 11.2. The molecule has 176 valence electrons. The summed E-state index contributed by atoms with van der Waals surface area (Å²) in [5.74, 6) is 0.446. The van der Waals surface area contributed by atoms with E-state index >= 15 is 0 Å². The topological polar surface area (TPSA) is 67.3 Å². The third-order valence-corrected chi connectivity index (χ3v) is 5.67. The van der Waals surface area contributed by atoms with E-state index in [1.165, 1.54) is 17.6 Å². The van der Waals surface area contributed by atoms with Gasteiger partial charge in [-0.3, -0.25) is 4.79 Å². The van der Waals surface area contributed by atoms with Gasteiger partial charge in [-0.1, -0.05) is 42.5 Å². The number of halogens is 3. The number of aromatic nitrogens is 2. The summed E-state index contributed by atoms with van der Waals surface area (Å²) in [5, 5.41) is 3.38. The molecule has 2 aromatic carbocycles. The van der Waals surface area contributed by atoms with E-state index in [0.29, 0.717) is 42.6 Å². The zero-order valence-corrected chi connectivity index (χ0v) is 19.0. The summed E-state index contributed by atoms with van der Waals surface area (Å²) in [6.45, 7) is 1.41. The van der Waals surface area contributed by atoms with Crippen molar-refractivity contribution in [2.45, 2.75) is 25.6 Å². The number of hydrogen-bond acceptors (Lipinski definition) is 6. The molecule has 10 heteroatoms. The van der Waals surface area contributed by atoms with E-state index in [-0.39, 0.29) is 18.9 Å². The van der Waals surface area contributed by atoms with Gasteiger partial charge in [-0.15, -0.1) is 0 Å². The zero-order valence-electron chi connectivity index (χ0n) is 18.1. The lowest BCUT2D eigenvalue weighted by atomic mass is 10.1. The average Bonchev–Trinajstić information content (AvgIpc) is 3.26. The van der Waals surface area contributed by atoms with Crippen LogP contribution in [0.2, 0.25) is 0 Å². The molecule has 6 nitrogen and oxygen atoms in total. The maximum Gasteiger partial charge on any atom is 0.416 e. The van der Waals surface area contributed by atoms with Crippen molar-refractivity contribution in [2.75, 3.05) is 31.7 Å². The van der Waals surface area contributed by atoms with Gasteiger partial charge in [0.15, 0.2) is 0 Å². The molecule has 0 aliphatic rings. The SMILES string of the molecule is COCCN(CCC(=O)NCc1cccc(C(F)(F)F)c1)c1nc(Cc2ccccc2)ns1. The van der Waals surface area contributed by atoms with Crippen molar-refractivity contribution in [1.29, 1.82) is 0 Å². The first kappa shape index (κ1) is 24.7. The predicted molar refractivity (Wildman–Crippen MR) is 121 cm³/mol. The molecule has 0 saturated carbocycles. The highest BCUT2D eigenvalue weighted by molar-refractivity contribution is 7.09. The van der Waals surface area contributed by atoms with Crippen molar-refractivity contribution < 1.29 is 22.7 Å². The quantitative estimate of drug-likeness (QED) is 0.445. The summed E-state index contributed by atoms with van der Waals surface area (Å²) >= 11 is 1.26. The Kier molecular flexibility index (Phi) is 8.79. The van der Waals surface area contributed by atoms with Crippen LogP contribution in [0.3, 0.4) is 0 Å². The highest BCUT2D eigenvalue weighted by Gasteiger charge is 2.30. The van der Waals surface area contributed by atoms with Crippen molar-refractivity contribution >= 4 is 22.6 Å². The van der Waals surface area contributed by atoms with Gasteiger partial charge in [-0.05, 0) is 23.3 Å². The third-order valence-electron chi connectivity index (χ3n) is 4.85. The van der Waals surface area contributed by atoms with Crippen LogP contribution >= 0.6 is 11.5 Å². The monoisotopic (exact) mass is 478 g/mol. The first-order valence-electron chi connectivity index (χ1n) is 10.4. The Bertz CT molecular complexity index is 1030. The maximum atomic E-state index is 12.9. The largest absolute Gasteiger partial charge is 0.416 e. The van der Waals surface area contributed by atoms with E-state index in [2.05, 4.69) is 14.7 Å². The van der Waals surface area contributed by atoms with Crippen molar-refractivity contribution in [1.82, 2.24) is 14.7 Å². The highest BCUT2D eigenvalue weighted by Crippen LogP contribution is 2.29. The molecule has 0 saturated heterocycles. The predicted octanol–water partition coefficient (Wildman–Crippen LogP) is 4.31. The number of carbonyl (C=O) groups is 1. The number of methoxy groups -OCH3 is 1. The number of nitrogens with one attached hydrogen (secondary N) is 1. The lowest BCUT2D eigenvalue weighted by Gasteiger charge is -2.20. The summed E-state index contributed by atoms with van der Waals surface area (Å²) < 4.78 is 48.1. The molecule has 1 aromatic heterocycles. The van der Waals surface area contributed by atoms with Gasteiger partial charge in [-0.2, -0.15) is 17.5 Å². The molecule has 0 aliphatic heterocycles. The number of ether oxygens (including phenoxy) is 1. The maximum absolute atomic E-state index is 12.9. The van der Waals surface area contributed by atoms with E-state index < -0.39 is 11.7 Å². The summed E-state index contributed by atoms with van der Waals surface area (Å²) in [5.41, 5.74) is 0.769. The molecule has 0 atom stereocenters. The fourth-order valence-electron chi connectivity index (χ4n) is 3.11. The average molecular weight is 479 g/mol. The molecule has 0 aliphatic carbocycles. The Labute approximate surface area is 194 Å². The highest BCUT2D eigenvalue weighted by atomic mass is 32.1. The van der Waals surface area contributed by atoms with Crippen LogP contribution in [-0.2, 0) is 28.7 Å². The van der Waals surface area contributed by atoms with Gasteiger partial charge in [0.1, 0.15) is 5.82 Å². The Hall–Kier alpha value is -2.98. The molecular formula is C23H25F3N4O2S. The van der Waals surface area contributed by atoms with Crippen molar-refractivity contribution in [3.63, 3.8) is 0 Å². The normalized spacial score (nSPS) is 11.4. The van der Waals surface area contributed by atoms with Gasteiger partial charge in [0.05, 0.1) is 12.2 Å². The van der Waals surface area contributed by atoms with Crippen molar-refractivity contribution in [3.05, 3.63) is 77.1 Å². The van der Waals surface area contributed by atoms with Gasteiger partial charge in [0.25, 0.3) is 0 Å². The van der Waals surface area contributed by atoms with E-state index in [0.717, 1.165) is 17.7 Å². The molecule has 33 heavy (non-hydrogen) atoms. The van der Waals surface area contributed by atoms with Crippen LogP contribution < -0.4 is 10.2 Å². The molecule has 0 fully saturated rings. The minimum absolute atomic E-state index is 0.0286. The Morgan fingerprint density at radius 3 is 2.58 bits per heavy atom. The van der Waals surface area contributed by atoms with E-state index in [1.54, 1.807) is 13.2 Å². The Balaban J connectivity index is 1.55. The Morgan fingerprint density at radius 1 is 1.09 bits per heavy atom. The van der Waals surface area contributed by atoms with Crippen LogP contribution in [0.4, 0.5) is 18.3 Å². The van der Waals surface area contributed by atoms with Gasteiger partial charge in [-0.25, -0.2) is 4.98 Å². The number of carbonyl (C=O) groups excluding carboxylic acids is 1. The van der Waals surface area contributed by atoms with Gasteiger partial charge in [0.2, 0.25) is 11.0 Å². The Morgan fingerprint density at radius 2 is 1.85 bits per heavy atom. The molecule has 1 heterocycles. The lowest BCUT2D eigenvalue weighted by molar-refractivity contribution is -0.137. The van der Waals surface area contributed by atoms with Crippen LogP contribution in [-0.4, -0.2) is 42.1 Å².